The number of amides is 1. The Morgan fingerprint density at radius 2 is 2.05 bits per heavy atom. The van der Waals surface area contributed by atoms with Crippen molar-refractivity contribution in [1.82, 2.24) is 5.32 Å². The smallest absolute Gasteiger partial charge is 0.291 e. The van der Waals surface area contributed by atoms with Crippen LogP contribution in [0.5, 0.6) is 0 Å². The fourth-order valence-corrected chi connectivity index (χ4v) is 2.19. The number of hydrogen-bond acceptors (Lipinski definition) is 3. The normalized spacial score (nSPS) is 12.1. The van der Waals surface area contributed by atoms with Gasteiger partial charge >= 0.3 is 0 Å². The molecule has 1 heterocycles. The molecule has 0 radical (unpaired) electrons. The molecule has 1 amide bonds. The van der Waals surface area contributed by atoms with Gasteiger partial charge in [0.1, 0.15) is 5.76 Å². The van der Waals surface area contributed by atoms with Gasteiger partial charge < -0.3 is 15.1 Å². The maximum absolute atomic E-state index is 12.1. The third-order valence-electron chi connectivity index (χ3n) is 3.39. The third kappa shape index (κ3) is 3.95. The zero-order chi connectivity index (χ0) is 15.2. The molecular formula is C17H22N2O2. The van der Waals surface area contributed by atoms with Gasteiger partial charge in [-0.05, 0) is 43.3 Å². The van der Waals surface area contributed by atoms with Crippen LogP contribution in [0.25, 0.3) is 0 Å². The van der Waals surface area contributed by atoms with Crippen LogP contribution in [0, 0.1) is 0 Å². The highest BCUT2D eigenvalue weighted by molar-refractivity contribution is 6.02. The summed E-state index contributed by atoms with van der Waals surface area (Å²) in [7, 11) is 0. The van der Waals surface area contributed by atoms with Gasteiger partial charge in [0.15, 0.2) is 5.76 Å². The molecule has 0 saturated carbocycles. The van der Waals surface area contributed by atoms with Crippen LogP contribution >= 0.6 is 0 Å². The molecule has 0 spiro atoms. The Morgan fingerprint density at radius 3 is 2.71 bits per heavy atom. The number of anilines is 1. The Morgan fingerprint density at radius 1 is 1.24 bits per heavy atom. The highest BCUT2D eigenvalue weighted by Crippen LogP contribution is 2.18. The van der Waals surface area contributed by atoms with Crippen molar-refractivity contribution in [3.63, 3.8) is 0 Å². The third-order valence-corrected chi connectivity index (χ3v) is 3.39. The summed E-state index contributed by atoms with van der Waals surface area (Å²) < 4.78 is 5.46. The van der Waals surface area contributed by atoms with Crippen LogP contribution < -0.4 is 10.6 Å². The van der Waals surface area contributed by atoms with E-state index in [9.17, 15) is 4.79 Å². The van der Waals surface area contributed by atoms with Gasteiger partial charge in [-0.2, -0.15) is 0 Å². The van der Waals surface area contributed by atoms with Crippen molar-refractivity contribution < 1.29 is 9.21 Å². The highest BCUT2D eigenvalue weighted by atomic mass is 16.3. The lowest BCUT2D eigenvalue weighted by Crippen LogP contribution is -2.18. The van der Waals surface area contributed by atoms with Crippen LogP contribution in [-0.2, 0) is 6.42 Å². The van der Waals surface area contributed by atoms with E-state index in [1.807, 2.05) is 37.3 Å². The van der Waals surface area contributed by atoms with Gasteiger partial charge in [0.25, 0.3) is 5.91 Å². The van der Waals surface area contributed by atoms with Gasteiger partial charge in [0.05, 0.1) is 0 Å². The molecule has 1 aromatic heterocycles. The first-order valence-corrected chi connectivity index (χ1v) is 7.37. The molecule has 2 rings (SSSR count). The Bertz CT molecular complexity index is 604. The Balaban J connectivity index is 2.08. The molecule has 1 aromatic carbocycles. The molecule has 112 valence electrons. The van der Waals surface area contributed by atoms with Gasteiger partial charge in [-0.15, -0.1) is 0 Å². The van der Waals surface area contributed by atoms with Gasteiger partial charge in [-0.25, -0.2) is 0 Å². The van der Waals surface area contributed by atoms with Crippen molar-refractivity contribution in [2.45, 2.75) is 33.2 Å². The molecule has 2 aromatic rings. The van der Waals surface area contributed by atoms with Gasteiger partial charge in [-0.1, -0.05) is 26.0 Å². The van der Waals surface area contributed by atoms with E-state index in [0.717, 1.165) is 30.0 Å². The van der Waals surface area contributed by atoms with E-state index in [1.54, 1.807) is 6.07 Å². The SMILES string of the molecule is CCNC(C)c1cccc(NC(=O)c2ccc(CC)o2)c1. The maximum Gasteiger partial charge on any atom is 0.291 e. The van der Waals surface area contributed by atoms with E-state index in [4.69, 9.17) is 4.42 Å². The molecule has 0 aliphatic heterocycles. The summed E-state index contributed by atoms with van der Waals surface area (Å²) in [6.07, 6.45) is 0.781. The van der Waals surface area contributed by atoms with E-state index < -0.39 is 0 Å². The largest absolute Gasteiger partial charge is 0.456 e. The molecule has 1 unspecified atom stereocenters. The first-order chi connectivity index (χ1) is 10.1. The van der Waals surface area contributed by atoms with E-state index >= 15 is 0 Å². The predicted molar refractivity (Wildman–Crippen MR) is 84.6 cm³/mol. The second kappa shape index (κ2) is 7.09. The standard InChI is InChI=1S/C17H22N2O2/c1-4-15-9-10-16(21-15)17(20)19-14-8-6-7-13(11-14)12(3)18-5-2/h6-12,18H,4-5H2,1-3H3,(H,19,20). The Labute approximate surface area is 125 Å². The van der Waals surface area contributed by atoms with E-state index in [1.165, 1.54) is 0 Å². The Hall–Kier alpha value is -2.07. The number of rotatable bonds is 6. The second-order valence-electron chi connectivity index (χ2n) is 4.98. The average Bonchev–Trinajstić information content (AvgIpc) is 2.97. The molecule has 4 heteroatoms. The summed E-state index contributed by atoms with van der Waals surface area (Å²) in [4.78, 5) is 12.1. The number of nitrogens with one attached hydrogen (secondary N) is 2. The fourth-order valence-electron chi connectivity index (χ4n) is 2.19. The summed E-state index contributed by atoms with van der Waals surface area (Å²) >= 11 is 0. The lowest BCUT2D eigenvalue weighted by molar-refractivity contribution is 0.0995. The van der Waals surface area contributed by atoms with Crippen LogP contribution in [0.4, 0.5) is 5.69 Å². The lowest BCUT2D eigenvalue weighted by atomic mass is 10.1. The zero-order valence-electron chi connectivity index (χ0n) is 12.8. The van der Waals surface area contributed by atoms with Crippen molar-refractivity contribution in [3.8, 4) is 0 Å². The lowest BCUT2D eigenvalue weighted by Gasteiger charge is -2.14. The quantitative estimate of drug-likeness (QED) is 0.850. The molecular weight excluding hydrogens is 264 g/mol. The molecule has 0 aliphatic carbocycles. The van der Waals surface area contributed by atoms with Gasteiger partial charge in [0.2, 0.25) is 0 Å². The van der Waals surface area contributed by atoms with Crippen molar-refractivity contribution in [3.05, 3.63) is 53.5 Å². The topological polar surface area (TPSA) is 54.3 Å². The van der Waals surface area contributed by atoms with Gasteiger partial charge in [0, 0.05) is 18.2 Å². The van der Waals surface area contributed by atoms with Crippen LogP contribution in [0.3, 0.4) is 0 Å². The van der Waals surface area contributed by atoms with Crippen molar-refractivity contribution >= 4 is 11.6 Å². The van der Waals surface area contributed by atoms with Crippen molar-refractivity contribution in [2.24, 2.45) is 0 Å². The summed E-state index contributed by atoms with van der Waals surface area (Å²) in [5.41, 5.74) is 1.92. The molecule has 0 bridgehead atoms. The summed E-state index contributed by atoms with van der Waals surface area (Å²) in [6, 6.07) is 11.6. The number of aryl methyl sites for hydroxylation is 1. The van der Waals surface area contributed by atoms with Crippen molar-refractivity contribution in [2.75, 3.05) is 11.9 Å². The number of furan rings is 1. The van der Waals surface area contributed by atoms with E-state index in [2.05, 4.69) is 24.5 Å². The number of carbonyl (C=O) groups is 1. The first kappa shape index (κ1) is 15.3. The molecule has 1 atom stereocenters. The minimum Gasteiger partial charge on any atom is -0.456 e. The first-order valence-electron chi connectivity index (χ1n) is 7.37. The van der Waals surface area contributed by atoms with E-state index in [0.29, 0.717) is 5.76 Å². The van der Waals surface area contributed by atoms with Crippen LogP contribution in [0.1, 0.15) is 48.7 Å². The summed E-state index contributed by atoms with van der Waals surface area (Å²) in [5.74, 6) is 0.939. The molecule has 0 fully saturated rings. The summed E-state index contributed by atoms with van der Waals surface area (Å²) in [5, 5.41) is 6.23. The van der Waals surface area contributed by atoms with Crippen LogP contribution in [0.2, 0.25) is 0 Å². The van der Waals surface area contributed by atoms with E-state index in [-0.39, 0.29) is 11.9 Å². The molecule has 2 N–H and O–H groups in total. The Kier molecular flexibility index (Phi) is 5.17. The predicted octanol–water partition coefficient (Wildman–Crippen LogP) is 3.76. The monoisotopic (exact) mass is 286 g/mol. The fraction of sp³-hybridized carbons (Fsp3) is 0.353. The summed E-state index contributed by atoms with van der Waals surface area (Å²) in [6.45, 7) is 7.07. The van der Waals surface area contributed by atoms with Crippen LogP contribution in [-0.4, -0.2) is 12.5 Å². The molecule has 0 aliphatic rings. The minimum atomic E-state index is -0.219. The van der Waals surface area contributed by atoms with Gasteiger partial charge in [-0.3, -0.25) is 4.79 Å². The minimum absolute atomic E-state index is 0.219. The number of benzene rings is 1. The second-order valence-corrected chi connectivity index (χ2v) is 4.98. The van der Waals surface area contributed by atoms with Crippen molar-refractivity contribution in [1.29, 1.82) is 0 Å². The highest BCUT2D eigenvalue weighted by Gasteiger charge is 2.12. The molecule has 0 saturated heterocycles. The maximum atomic E-state index is 12.1. The molecule has 4 nitrogen and oxygen atoms in total. The average molecular weight is 286 g/mol. The molecule has 21 heavy (non-hydrogen) atoms. The van der Waals surface area contributed by atoms with Crippen LogP contribution in [0.15, 0.2) is 40.8 Å². The number of carbonyl (C=O) groups excluding carboxylic acids is 1. The zero-order valence-corrected chi connectivity index (χ0v) is 12.8. The number of hydrogen-bond donors (Lipinski definition) is 2.